The van der Waals surface area contributed by atoms with Gasteiger partial charge in [-0.3, -0.25) is 9.69 Å². The van der Waals surface area contributed by atoms with Crippen LogP contribution in [0, 0.1) is 0 Å². The Hall–Kier alpha value is -2.44. The minimum atomic E-state index is -0.0549. The van der Waals surface area contributed by atoms with Gasteiger partial charge in [-0.1, -0.05) is 18.2 Å². The maximum atomic E-state index is 12.2. The molecule has 1 saturated heterocycles. The maximum absolute atomic E-state index is 12.2. The van der Waals surface area contributed by atoms with Crippen molar-refractivity contribution in [3.05, 3.63) is 59.8 Å². The zero-order chi connectivity index (χ0) is 17.3. The van der Waals surface area contributed by atoms with Gasteiger partial charge in [-0.25, -0.2) is 4.98 Å². The molecule has 0 spiro atoms. The standard InChI is InChI=1S/C19H24N4O2/c24-19(22-10-9-21-18-3-1-2-8-20-18)17-6-4-16(5-7-17)15-23-11-13-25-14-12-23/h1-8H,9-15H2,(H,20,21)(H,22,24). The molecule has 0 bridgehead atoms. The van der Waals surface area contributed by atoms with Crippen LogP contribution in [0.5, 0.6) is 0 Å². The first-order chi connectivity index (χ1) is 12.3. The predicted octanol–water partition coefficient (Wildman–Crippen LogP) is 1.76. The number of aromatic nitrogens is 1. The Morgan fingerprint density at radius 1 is 1.08 bits per heavy atom. The van der Waals surface area contributed by atoms with E-state index in [1.165, 1.54) is 5.56 Å². The van der Waals surface area contributed by atoms with E-state index in [2.05, 4.69) is 20.5 Å². The van der Waals surface area contributed by atoms with E-state index in [0.29, 0.717) is 18.7 Å². The zero-order valence-electron chi connectivity index (χ0n) is 14.3. The molecule has 1 aliphatic rings. The molecule has 6 heteroatoms. The number of benzene rings is 1. The van der Waals surface area contributed by atoms with Crippen LogP contribution < -0.4 is 10.6 Å². The van der Waals surface area contributed by atoms with Crippen molar-refractivity contribution in [3.8, 4) is 0 Å². The number of carbonyl (C=O) groups excluding carboxylic acids is 1. The van der Waals surface area contributed by atoms with Crippen molar-refractivity contribution < 1.29 is 9.53 Å². The Labute approximate surface area is 148 Å². The molecule has 0 unspecified atom stereocenters. The second-order valence-corrected chi connectivity index (χ2v) is 5.98. The minimum Gasteiger partial charge on any atom is -0.379 e. The van der Waals surface area contributed by atoms with Crippen LogP contribution in [-0.4, -0.2) is 55.2 Å². The molecule has 3 rings (SSSR count). The third-order valence-electron chi connectivity index (χ3n) is 4.11. The lowest BCUT2D eigenvalue weighted by atomic mass is 10.1. The fourth-order valence-electron chi connectivity index (χ4n) is 2.71. The average molecular weight is 340 g/mol. The smallest absolute Gasteiger partial charge is 0.251 e. The summed E-state index contributed by atoms with van der Waals surface area (Å²) in [5.41, 5.74) is 1.90. The van der Waals surface area contributed by atoms with E-state index in [0.717, 1.165) is 38.7 Å². The van der Waals surface area contributed by atoms with Gasteiger partial charge in [0.15, 0.2) is 0 Å². The molecule has 1 aromatic heterocycles. The van der Waals surface area contributed by atoms with Gasteiger partial charge in [-0.05, 0) is 29.8 Å². The molecule has 25 heavy (non-hydrogen) atoms. The van der Waals surface area contributed by atoms with Gasteiger partial charge in [0.1, 0.15) is 5.82 Å². The van der Waals surface area contributed by atoms with Crippen molar-refractivity contribution in [2.45, 2.75) is 6.54 Å². The summed E-state index contributed by atoms with van der Waals surface area (Å²) in [6.45, 7) is 5.61. The molecular weight excluding hydrogens is 316 g/mol. The van der Waals surface area contributed by atoms with Crippen molar-refractivity contribution in [2.75, 3.05) is 44.7 Å². The number of pyridine rings is 1. The number of nitrogens with zero attached hydrogens (tertiary/aromatic N) is 2. The van der Waals surface area contributed by atoms with E-state index in [1.54, 1.807) is 6.20 Å². The lowest BCUT2D eigenvalue weighted by Gasteiger charge is -2.26. The summed E-state index contributed by atoms with van der Waals surface area (Å²) in [7, 11) is 0. The molecule has 132 valence electrons. The average Bonchev–Trinajstić information content (AvgIpc) is 2.67. The molecule has 0 radical (unpaired) electrons. The normalized spacial score (nSPS) is 14.9. The number of nitrogens with one attached hydrogen (secondary N) is 2. The second-order valence-electron chi connectivity index (χ2n) is 5.98. The van der Waals surface area contributed by atoms with E-state index >= 15 is 0 Å². The van der Waals surface area contributed by atoms with Gasteiger partial charge < -0.3 is 15.4 Å². The second kappa shape index (κ2) is 9.15. The van der Waals surface area contributed by atoms with Crippen LogP contribution in [-0.2, 0) is 11.3 Å². The number of amides is 1. The molecule has 2 aromatic rings. The summed E-state index contributed by atoms with van der Waals surface area (Å²) in [5.74, 6) is 0.755. The number of carbonyl (C=O) groups is 1. The number of anilines is 1. The quantitative estimate of drug-likeness (QED) is 0.752. The molecular formula is C19H24N4O2. The number of ether oxygens (including phenoxy) is 1. The molecule has 0 saturated carbocycles. The van der Waals surface area contributed by atoms with Crippen LogP contribution in [0.3, 0.4) is 0 Å². The van der Waals surface area contributed by atoms with E-state index in [1.807, 2.05) is 42.5 Å². The van der Waals surface area contributed by atoms with E-state index < -0.39 is 0 Å². The Morgan fingerprint density at radius 3 is 2.60 bits per heavy atom. The molecule has 1 amide bonds. The molecule has 1 aromatic carbocycles. The summed E-state index contributed by atoms with van der Waals surface area (Å²) in [6.07, 6.45) is 1.74. The first-order valence-electron chi connectivity index (χ1n) is 8.63. The van der Waals surface area contributed by atoms with Crippen LogP contribution in [0.1, 0.15) is 15.9 Å². The van der Waals surface area contributed by atoms with Crippen LogP contribution in [0.15, 0.2) is 48.7 Å². The number of rotatable bonds is 7. The number of hydrogen-bond donors (Lipinski definition) is 2. The third-order valence-corrected chi connectivity index (χ3v) is 4.11. The predicted molar refractivity (Wildman–Crippen MR) is 97.6 cm³/mol. The summed E-state index contributed by atoms with van der Waals surface area (Å²) in [4.78, 5) is 18.7. The van der Waals surface area contributed by atoms with Crippen molar-refractivity contribution >= 4 is 11.7 Å². The van der Waals surface area contributed by atoms with Gasteiger partial charge >= 0.3 is 0 Å². The minimum absolute atomic E-state index is 0.0549. The highest BCUT2D eigenvalue weighted by Crippen LogP contribution is 2.09. The summed E-state index contributed by atoms with van der Waals surface area (Å²) in [5, 5.41) is 6.08. The topological polar surface area (TPSA) is 66.5 Å². The number of morpholine rings is 1. The monoisotopic (exact) mass is 340 g/mol. The molecule has 2 N–H and O–H groups in total. The fourth-order valence-corrected chi connectivity index (χ4v) is 2.71. The van der Waals surface area contributed by atoms with Gasteiger partial charge in [-0.15, -0.1) is 0 Å². The SMILES string of the molecule is O=C(NCCNc1ccccn1)c1ccc(CN2CCOCC2)cc1. The van der Waals surface area contributed by atoms with Crippen molar-refractivity contribution in [2.24, 2.45) is 0 Å². The molecule has 6 nitrogen and oxygen atoms in total. The molecule has 1 aliphatic heterocycles. The lowest BCUT2D eigenvalue weighted by Crippen LogP contribution is -2.35. The van der Waals surface area contributed by atoms with Gasteiger partial charge in [-0.2, -0.15) is 0 Å². The lowest BCUT2D eigenvalue weighted by molar-refractivity contribution is 0.0342. The van der Waals surface area contributed by atoms with Crippen LogP contribution >= 0.6 is 0 Å². The van der Waals surface area contributed by atoms with E-state index in [9.17, 15) is 4.79 Å². The Kier molecular flexibility index (Phi) is 6.36. The van der Waals surface area contributed by atoms with Crippen molar-refractivity contribution in [3.63, 3.8) is 0 Å². The third kappa shape index (κ3) is 5.55. The Balaban J connectivity index is 1.41. The molecule has 1 fully saturated rings. The molecule has 0 atom stereocenters. The highest BCUT2D eigenvalue weighted by molar-refractivity contribution is 5.94. The van der Waals surface area contributed by atoms with E-state index in [-0.39, 0.29) is 5.91 Å². The van der Waals surface area contributed by atoms with Crippen LogP contribution in [0.25, 0.3) is 0 Å². The van der Waals surface area contributed by atoms with Gasteiger partial charge in [0.05, 0.1) is 13.2 Å². The summed E-state index contributed by atoms with van der Waals surface area (Å²) < 4.78 is 5.36. The molecule has 0 aliphatic carbocycles. The van der Waals surface area contributed by atoms with Gasteiger partial charge in [0, 0.05) is 44.5 Å². The first kappa shape index (κ1) is 17.4. The fraction of sp³-hybridized carbons (Fsp3) is 0.368. The largest absolute Gasteiger partial charge is 0.379 e. The maximum Gasteiger partial charge on any atom is 0.251 e. The van der Waals surface area contributed by atoms with Crippen molar-refractivity contribution in [1.82, 2.24) is 15.2 Å². The van der Waals surface area contributed by atoms with Gasteiger partial charge in [0.2, 0.25) is 0 Å². The Morgan fingerprint density at radius 2 is 1.88 bits per heavy atom. The highest BCUT2D eigenvalue weighted by Gasteiger charge is 2.11. The van der Waals surface area contributed by atoms with Crippen molar-refractivity contribution in [1.29, 1.82) is 0 Å². The summed E-state index contributed by atoms with van der Waals surface area (Å²) >= 11 is 0. The summed E-state index contributed by atoms with van der Waals surface area (Å²) in [6, 6.07) is 13.5. The zero-order valence-corrected chi connectivity index (χ0v) is 14.3. The van der Waals surface area contributed by atoms with Gasteiger partial charge in [0.25, 0.3) is 5.91 Å². The highest BCUT2D eigenvalue weighted by atomic mass is 16.5. The van der Waals surface area contributed by atoms with E-state index in [4.69, 9.17) is 4.74 Å². The van der Waals surface area contributed by atoms with Crippen LogP contribution in [0.4, 0.5) is 5.82 Å². The number of hydrogen-bond acceptors (Lipinski definition) is 5. The Bertz CT molecular complexity index is 655. The molecule has 2 heterocycles. The first-order valence-corrected chi connectivity index (χ1v) is 8.63. The van der Waals surface area contributed by atoms with Crippen LogP contribution in [0.2, 0.25) is 0 Å².